The summed E-state index contributed by atoms with van der Waals surface area (Å²) in [6, 6.07) is 8.05. The number of carbonyl (C=O) groups excluding carboxylic acids is 1. The monoisotopic (exact) mass is 314 g/mol. The van der Waals surface area contributed by atoms with E-state index in [9.17, 15) is 4.79 Å². The van der Waals surface area contributed by atoms with Crippen molar-refractivity contribution in [1.29, 1.82) is 0 Å². The minimum atomic E-state index is -0.0726. The first-order valence-corrected chi connectivity index (χ1v) is 8.64. The minimum Gasteiger partial charge on any atom is -0.346 e. The Kier molecular flexibility index (Phi) is 4.96. The van der Waals surface area contributed by atoms with Gasteiger partial charge in [0.1, 0.15) is 5.82 Å². The van der Waals surface area contributed by atoms with Gasteiger partial charge < -0.3 is 15.2 Å². The van der Waals surface area contributed by atoms with Crippen LogP contribution in [0.3, 0.4) is 0 Å². The summed E-state index contributed by atoms with van der Waals surface area (Å²) in [6.07, 6.45) is 2.76. The van der Waals surface area contributed by atoms with Crippen molar-refractivity contribution in [2.75, 3.05) is 13.1 Å². The summed E-state index contributed by atoms with van der Waals surface area (Å²) >= 11 is 0. The Morgan fingerprint density at radius 3 is 3.04 bits per heavy atom. The van der Waals surface area contributed by atoms with E-state index in [4.69, 9.17) is 4.98 Å². The number of carbonyl (C=O) groups is 1. The molecule has 0 bridgehead atoms. The van der Waals surface area contributed by atoms with Crippen LogP contribution in [0.1, 0.15) is 45.0 Å². The average molecular weight is 314 g/mol. The molecule has 2 N–H and O–H groups in total. The first kappa shape index (κ1) is 16.0. The van der Waals surface area contributed by atoms with E-state index in [1.54, 1.807) is 0 Å². The number of nitrogens with one attached hydrogen (secondary N) is 2. The van der Waals surface area contributed by atoms with Gasteiger partial charge in [0.05, 0.1) is 17.1 Å². The number of imidazole rings is 1. The van der Waals surface area contributed by atoms with Crippen LogP contribution < -0.4 is 10.6 Å². The second kappa shape index (κ2) is 7.13. The Morgan fingerprint density at radius 2 is 2.30 bits per heavy atom. The molecule has 1 aromatic heterocycles. The van der Waals surface area contributed by atoms with E-state index in [2.05, 4.69) is 28.2 Å². The molecule has 1 aliphatic heterocycles. The van der Waals surface area contributed by atoms with E-state index in [0.717, 1.165) is 42.9 Å². The number of amides is 1. The molecule has 1 amide bonds. The van der Waals surface area contributed by atoms with Crippen LogP contribution in [0, 0.1) is 5.92 Å². The predicted octanol–water partition coefficient (Wildman–Crippen LogP) is 2.62. The van der Waals surface area contributed by atoms with Gasteiger partial charge in [-0.25, -0.2) is 4.98 Å². The number of benzene rings is 1. The highest BCUT2D eigenvalue weighted by atomic mass is 16.1. The summed E-state index contributed by atoms with van der Waals surface area (Å²) in [5.74, 6) is 1.71. The van der Waals surface area contributed by atoms with Crippen LogP contribution in [-0.4, -0.2) is 28.5 Å². The highest BCUT2D eigenvalue weighted by molar-refractivity contribution is 5.78. The van der Waals surface area contributed by atoms with Gasteiger partial charge in [-0.3, -0.25) is 4.79 Å². The standard InChI is InChI=1S/C18H26N4O/c1-3-22-16-7-5-4-6-15(16)21-18(22)13(2)20-17(23)9-8-14-10-11-19-12-14/h4-7,13-14,19H,3,8-12H2,1-2H3,(H,20,23). The molecule has 0 saturated carbocycles. The van der Waals surface area contributed by atoms with Crippen LogP contribution in [0.15, 0.2) is 24.3 Å². The lowest BCUT2D eigenvalue weighted by atomic mass is 10.0. The fourth-order valence-corrected chi connectivity index (χ4v) is 3.43. The van der Waals surface area contributed by atoms with E-state index in [1.807, 2.05) is 25.1 Å². The third-order valence-electron chi connectivity index (χ3n) is 4.71. The zero-order chi connectivity index (χ0) is 16.2. The molecule has 5 heteroatoms. The molecule has 0 aliphatic carbocycles. The zero-order valence-electron chi connectivity index (χ0n) is 14.0. The molecule has 1 aliphatic rings. The molecule has 1 fully saturated rings. The van der Waals surface area contributed by atoms with Gasteiger partial charge >= 0.3 is 0 Å². The molecule has 1 saturated heterocycles. The lowest BCUT2D eigenvalue weighted by Crippen LogP contribution is -2.29. The summed E-state index contributed by atoms with van der Waals surface area (Å²) in [5.41, 5.74) is 2.12. The number of aryl methyl sites for hydroxylation is 1. The van der Waals surface area contributed by atoms with Crippen LogP contribution in [0.25, 0.3) is 11.0 Å². The number of para-hydroxylation sites is 2. The summed E-state index contributed by atoms with van der Waals surface area (Å²) in [6.45, 7) is 7.11. The Morgan fingerprint density at radius 1 is 1.48 bits per heavy atom. The molecule has 0 radical (unpaired) electrons. The molecule has 23 heavy (non-hydrogen) atoms. The number of nitrogens with zero attached hydrogens (tertiary/aromatic N) is 2. The lowest BCUT2D eigenvalue weighted by Gasteiger charge is -2.16. The topological polar surface area (TPSA) is 59.0 Å². The fourth-order valence-electron chi connectivity index (χ4n) is 3.43. The van der Waals surface area contributed by atoms with Gasteiger partial charge in [0.25, 0.3) is 0 Å². The first-order valence-electron chi connectivity index (χ1n) is 8.64. The highest BCUT2D eigenvalue weighted by Gasteiger charge is 2.19. The summed E-state index contributed by atoms with van der Waals surface area (Å²) in [5, 5.41) is 6.46. The Balaban J connectivity index is 1.65. The van der Waals surface area contributed by atoms with Crippen molar-refractivity contribution in [3.8, 4) is 0 Å². The normalized spacial score (nSPS) is 19.1. The molecule has 2 aromatic rings. The van der Waals surface area contributed by atoms with Gasteiger partial charge in [-0.15, -0.1) is 0 Å². The summed E-state index contributed by atoms with van der Waals surface area (Å²) in [4.78, 5) is 16.9. The fraction of sp³-hybridized carbons (Fsp3) is 0.556. The molecule has 1 aromatic carbocycles. The van der Waals surface area contributed by atoms with E-state index in [-0.39, 0.29) is 11.9 Å². The zero-order valence-corrected chi connectivity index (χ0v) is 14.0. The average Bonchev–Trinajstić information content (AvgIpc) is 3.19. The molecule has 2 unspecified atom stereocenters. The van der Waals surface area contributed by atoms with Crippen LogP contribution >= 0.6 is 0 Å². The second-order valence-electron chi connectivity index (χ2n) is 6.39. The van der Waals surface area contributed by atoms with Crippen LogP contribution in [0.2, 0.25) is 0 Å². The molecule has 2 heterocycles. The maximum absolute atomic E-state index is 12.2. The van der Waals surface area contributed by atoms with Gasteiger partial charge in [0.2, 0.25) is 5.91 Å². The van der Waals surface area contributed by atoms with Crippen molar-refractivity contribution >= 4 is 16.9 Å². The van der Waals surface area contributed by atoms with Crippen molar-refractivity contribution in [3.63, 3.8) is 0 Å². The third kappa shape index (κ3) is 3.55. The lowest BCUT2D eigenvalue weighted by molar-refractivity contribution is -0.122. The van der Waals surface area contributed by atoms with Crippen molar-refractivity contribution in [3.05, 3.63) is 30.1 Å². The predicted molar refractivity (Wildman–Crippen MR) is 92.2 cm³/mol. The van der Waals surface area contributed by atoms with Crippen LogP contribution in [0.4, 0.5) is 0 Å². The first-order chi connectivity index (χ1) is 11.2. The van der Waals surface area contributed by atoms with Crippen molar-refractivity contribution in [1.82, 2.24) is 20.2 Å². The van der Waals surface area contributed by atoms with Crippen molar-refractivity contribution in [2.45, 2.75) is 45.7 Å². The Labute approximate surface area is 137 Å². The van der Waals surface area contributed by atoms with E-state index >= 15 is 0 Å². The molecule has 3 rings (SSSR count). The largest absolute Gasteiger partial charge is 0.346 e. The van der Waals surface area contributed by atoms with E-state index in [0.29, 0.717) is 12.3 Å². The quantitative estimate of drug-likeness (QED) is 0.862. The molecule has 0 spiro atoms. The maximum atomic E-state index is 12.2. The molecule has 124 valence electrons. The van der Waals surface area contributed by atoms with Crippen molar-refractivity contribution < 1.29 is 4.79 Å². The number of fused-ring (bicyclic) bond motifs is 1. The second-order valence-corrected chi connectivity index (χ2v) is 6.39. The van der Waals surface area contributed by atoms with Crippen LogP contribution in [0.5, 0.6) is 0 Å². The number of aromatic nitrogens is 2. The van der Waals surface area contributed by atoms with Crippen LogP contribution in [-0.2, 0) is 11.3 Å². The third-order valence-corrected chi connectivity index (χ3v) is 4.71. The Bertz CT molecular complexity index is 673. The Hall–Kier alpha value is -1.88. The SMILES string of the molecule is CCn1c(C(C)NC(=O)CCC2CCNC2)nc2ccccc21. The maximum Gasteiger partial charge on any atom is 0.220 e. The van der Waals surface area contributed by atoms with Gasteiger partial charge in [0, 0.05) is 13.0 Å². The van der Waals surface area contributed by atoms with Gasteiger partial charge in [-0.1, -0.05) is 12.1 Å². The minimum absolute atomic E-state index is 0.0726. The number of hydrogen-bond acceptors (Lipinski definition) is 3. The summed E-state index contributed by atoms with van der Waals surface area (Å²) in [7, 11) is 0. The van der Waals surface area contributed by atoms with Gasteiger partial charge in [-0.2, -0.15) is 0 Å². The van der Waals surface area contributed by atoms with E-state index < -0.39 is 0 Å². The molecule has 5 nitrogen and oxygen atoms in total. The summed E-state index contributed by atoms with van der Waals surface area (Å²) < 4.78 is 2.18. The van der Waals surface area contributed by atoms with Crippen molar-refractivity contribution in [2.24, 2.45) is 5.92 Å². The molecule has 2 atom stereocenters. The molecular formula is C18H26N4O. The van der Waals surface area contributed by atoms with Gasteiger partial charge in [-0.05, 0) is 57.8 Å². The van der Waals surface area contributed by atoms with Gasteiger partial charge in [0.15, 0.2) is 0 Å². The number of hydrogen-bond donors (Lipinski definition) is 2. The smallest absolute Gasteiger partial charge is 0.220 e. The van der Waals surface area contributed by atoms with E-state index in [1.165, 1.54) is 6.42 Å². The highest BCUT2D eigenvalue weighted by Crippen LogP contribution is 2.21. The number of rotatable bonds is 6. The molecular weight excluding hydrogens is 288 g/mol.